The average Bonchev–Trinajstić information content (AvgIpc) is 2.63. The van der Waals surface area contributed by atoms with Gasteiger partial charge in [0.15, 0.2) is 0 Å². The van der Waals surface area contributed by atoms with Crippen LogP contribution in [0.3, 0.4) is 0 Å². The molecule has 0 spiro atoms. The monoisotopic (exact) mass is 284 g/mol. The first-order chi connectivity index (χ1) is 8.94. The molecule has 8 heteroatoms. The highest BCUT2D eigenvalue weighted by Gasteiger charge is 2.35. The Morgan fingerprint density at radius 3 is 2.68 bits per heavy atom. The van der Waals surface area contributed by atoms with Gasteiger partial charge in [0.25, 0.3) is 5.91 Å². The highest BCUT2D eigenvalue weighted by molar-refractivity contribution is 7.92. The molecule has 0 aliphatic carbocycles. The standard InChI is InChI=1S/C11H12N2O5S/c1-18-11(15)6-8-4-2-3-5-9(8)13-7-10(14)12-19(13,16)17/h2-5H,6-7H2,1H3,(H,12,14). The van der Waals surface area contributed by atoms with Gasteiger partial charge in [-0.15, -0.1) is 0 Å². The summed E-state index contributed by atoms with van der Waals surface area (Å²) in [6, 6.07) is 6.47. The zero-order valence-electron chi connectivity index (χ0n) is 10.1. The van der Waals surface area contributed by atoms with E-state index >= 15 is 0 Å². The Bertz CT molecular complexity index is 626. The normalized spacial score (nSPS) is 17.1. The SMILES string of the molecule is COC(=O)Cc1ccccc1N1CC(=O)NS1(=O)=O. The maximum Gasteiger partial charge on any atom is 0.326 e. The van der Waals surface area contributed by atoms with Gasteiger partial charge in [0.1, 0.15) is 6.54 Å². The van der Waals surface area contributed by atoms with E-state index in [1.54, 1.807) is 18.2 Å². The van der Waals surface area contributed by atoms with Crippen LogP contribution in [0.4, 0.5) is 5.69 Å². The number of hydrogen-bond donors (Lipinski definition) is 1. The summed E-state index contributed by atoms with van der Waals surface area (Å²) in [5.74, 6) is -1.09. The van der Waals surface area contributed by atoms with Gasteiger partial charge >= 0.3 is 16.2 Å². The van der Waals surface area contributed by atoms with E-state index in [2.05, 4.69) is 4.74 Å². The summed E-state index contributed by atoms with van der Waals surface area (Å²) in [6.07, 6.45) is -0.0626. The number of para-hydroxylation sites is 1. The average molecular weight is 284 g/mol. The van der Waals surface area contributed by atoms with Gasteiger partial charge in [-0.1, -0.05) is 18.2 Å². The third-order valence-corrected chi connectivity index (χ3v) is 4.03. The van der Waals surface area contributed by atoms with Crippen molar-refractivity contribution in [1.82, 2.24) is 4.72 Å². The van der Waals surface area contributed by atoms with Crippen LogP contribution in [0.1, 0.15) is 5.56 Å². The van der Waals surface area contributed by atoms with E-state index in [0.717, 1.165) is 4.31 Å². The van der Waals surface area contributed by atoms with Crippen LogP contribution in [0.5, 0.6) is 0 Å². The molecule has 1 heterocycles. The van der Waals surface area contributed by atoms with Crippen LogP contribution < -0.4 is 9.03 Å². The summed E-state index contributed by atoms with van der Waals surface area (Å²) in [4.78, 5) is 22.5. The fraction of sp³-hybridized carbons (Fsp3) is 0.273. The third-order valence-electron chi connectivity index (χ3n) is 2.64. The number of anilines is 1. The number of nitrogens with one attached hydrogen (secondary N) is 1. The molecule has 0 unspecified atom stereocenters. The molecule has 1 saturated heterocycles. The van der Waals surface area contributed by atoms with Gasteiger partial charge in [0, 0.05) is 0 Å². The molecule has 1 aliphatic heterocycles. The second-order valence-electron chi connectivity index (χ2n) is 3.92. The minimum Gasteiger partial charge on any atom is -0.469 e. The van der Waals surface area contributed by atoms with E-state index in [1.807, 2.05) is 4.72 Å². The second-order valence-corrected chi connectivity index (χ2v) is 5.51. The Kier molecular flexibility index (Phi) is 3.43. The maximum atomic E-state index is 11.8. The lowest BCUT2D eigenvalue weighted by molar-refractivity contribution is -0.139. The van der Waals surface area contributed by atoms with Crippen LogP contribution in [0.2, 0.25) is 0 Å². The molecular weight excluding hydrogens is 272 g/mol. The van der Waals surface area contributed by atoms with Gasteiger partial charge < -0.3 is 4.74 Å². The summed E-state index contributed by atoms with van der Waals surface area (Å²) >= 11 is 0. The number of carbonyl (C=O) groups excluding carboxylic acids is 2. The molecule has 1 aromatic rings. The van der Waals surface area contributed by atoms with Gasteiger partial charge in [-0.05, 0) is 11.6 Å². The van der Waals surface area contributed by atoms with Crippen molar-refractivity contribution in [3.8, 4) is 0 Å². The molecule has 1 aromatic carbocycles. The Morgan fingerprint density at radius 1 is 1.42 bits per heavy atom. The first-order valence-corrected chi connectivity index (χ1v) is 6.86. The molecule has 0 aromatic heterocycles. The molecule has 19 heavy (non-hydrogen) atoms. The Hall–Kier alpha value is -2.09. The molecule has 1 fully saturated rings. The number of hydrogen-bond acceptors (Lipinski definition) is 5. The highest BCUT2D eigenvalue weighted by Crippen LogP contribution is 2.25. The highest BCUT2D eigenvalue weighted by atomic mass is 32.2. The van der Waals surface area contributed by atoms with Crippen molar-refractivity contribution in [2.45, 2.75) is 6.42 Å². The van der Waals surface area contributed by atoms with Crippen LogP contribution in [-0.4, -0.2) is 33.9 Å². The van der Waals surface area contributed by atoms with Crippen LogP contribution in [0, 0.1) is 0 Å². The van der Waals surface area contributed by atoms with Crippen molar-refractivity contribution < 1.29 is 22.7 Å². The zero-order chi connectivity index (χ0) is 14.0. The van der Waals surface area contributed by atoms with Gasteiger partial charge in [-0.2, -0.15) is 8.42 Å². The number of amides is 1. The predicted octanol–water partition coefficient (Wildman–Crippen LogP) is -0.417. The zero-order valence-corrected chi connectivity index (χ0v) is 10.9. The predicted molar refractivity (Wildman–Crippen MR) is 66.6 cm³/mol. The number of rotatable bonds is 3. The molecule has 0 bridgehead atoms. The van der Waals surface area contributed by atoms with Gasteiger partial charge in [0.2, 0.25) is 0 Å². The van der Waals surface area contributed by atoms with Crippen LogP contribution in [0.15, 0.2) is 24.3 Å². The van der Waals surface area contributed by atoms with E-state index in [-0.39, 0.29) is 13.0 Å². The van der Waals surface area contributed by atoms with E-state index in [4.69, 9.17) is 0 Å². The van der Waals surface area contributed by atoms with E-state index in [9.17, 15) is 18.0 Å². The molecule has 0 saturated carbocycles. The van der Waals surface area contributed by atoms with Crippen LogP contribution in [0.25, 0.3) is 0 Å². The molecule has 1 N–H and O–H groups in total. The number of ether oxygens (including phenoxy) is 1. The Labute approximate surface area is 110 Å². The first kappa shape index (κ1) is 13.3. The number of benzene rings is 1. The molecular formula is C11H12N2O5S. The first-order valence-electron chi connectivity index (χ1n) is 5.42. The van der Waals surface area contributed by atoms with Crippen molar-refractivity contribution in [3.05, 3.63) is 29.8 Å². The largest absolute Gasteiger partial charge is 0.469 e. The quantitative estimate of drug-likeness (QED) is 0.761. The summed E-state index contributed by atoms with van der Waals surface area (Å²) in [7, 11) is -2.62. The van der Waals surface area contributed by atoms with Gasteiger partial charge in [-0.25, -0.2) is 9.03 Å². The lowest BCUT2D eigenvalue weighted by atomic mass is 10.1. The smallest absolute Gasteiger partial charge is 0.326 e. The maximum absolute atomic E-state index is 11.8. The lowest BCUT2D eigenvalue weighted by Gasteiger charge is -2.18. The molecule has 102 valence electrons. The number of esters is 1. The van der Waals surface area contributed by atoms with Gasteiger partial charge in [0.05, 0.1) is 19.2 Å². The number of methoxy groups -OCH3 is 1. The Balaban J connectivity index is 2.40. The van der Waals surface area contributed by atoms with Crippen molar-refractivity contribution in [1.29, 1.82) is 0 Å². The van der Waals surface area contributed by atoms with Crippen LogP contribution >= 0.6 is 0 Å². The molecule has 1 aliphatic rings. The van der Waals surface area contributed by atoms with E-state index in [0.29, 0.717) is 11.3 Å². The van der Waals surface area contributed by atoms with Crippen molar-refractivity contribution in [2.24, 2.45) is 0 Å². The number of nitrogens with zero attached hydrogens (tertiary/aromatic N) is 1. The molecule has 7 nitrogen and oxygen atoms in total. The second kappa shape index (κ2) is 4.88. The summed E-state index contributed by atoms with van der Waals surface area (Å²) < 4.78 is 30.9. The molecule has 0 atom stereocenters. The van der Waals surface area contributed by atoms with Gasteiger partial charge in [-0.3, -0.25) is 9.59 Å². The summed E-state index contributed by atoms with van der Waals surface area (Å²) in [5, 5.41) is 0. The Morgan fingerprint density at radius 2 is 2.11 bits per heavy atom. The van der Waals surface area contributed by atoms with Crippen molar-refractivity contribution >= 4 is 27.8 Å². The van der Waals surface area contributed by atoms with E-state index < -0.39 is 22.1 Å². The summed E-state index contributed by atoms with van der Waals surface area (Å²) in [5.41, 5.74) is 0.778. The molecule has 1 amide bonds. The third kappa shape index (κ3) is 2.68. The molecule has 2 rings (SSSR count). The minimum absolute atomic E-state index is 0.0626. The topological polar surface area (TPSA) is 92.8 Å². The van der Waals surface area contributed by atoms with Crippen molar-refractivity contribution in [2.75, 3.05) is 18.0 Å². The number of carbonyl (C=O) groups is 2. The van der Waals surface area contributed by atoms with Crippen LogP contribution in [-0.2, 0) is 31.0 Å². The summed E-state index contributed by atoms with van der Waals surface area (Å²) in [6.45, 7) is -0.291. The minimum atomic E-state index is -3.87. The fourth-order valence-corrected chi connectivity index (χ4v) is 2.98. The van der Waals surface area contributed by atoms with Crippen molar-refractivity contribution in [3.63, 3.8) is 0 Å². The van der Waals surface area contributed by atoms with E-state index in [1.165, 1.54) is 13.2 Å². The fourth-order valence-electron chi connectivity index (χ4n) is 1.79. The molecule has 0 radical (unpaired) electrons. The lowest BCUT2D eigenvalue weighted by Crippen LogP contribution is -2.30.